The van der Waals surface area contributed by atoms with E-state index in [1.54, 1.807) is 11.1 Å². The third kappa shape index (κ3) is 7.84. The number of hydrogen-bond donors (Lipinski definition) is 0. The Bertz CT molecular complexity index is 86.6. The fraction of sp³-hybridized carbons (Fsp3) is 0.833. The summed E-state index contributed by atoms with van der Waals surface area (Å²) in [6.07, 6.45) is 4.11. The van der Waals surface area contributed by atoms with Crippen LogP contribution in [0.2, 0.25) is 0 Å². The standard InChI is InChI=1S/C7H12.2C2H6.CH4/c1-6-4-3-5-7(6)2;2*1-2;/h3-5H2,1-2H3;2*1-2H3;1H4. The van der Waals surface area contributed by atoms with Gasteiger partial charge in [-0.25, -0.2) is 0 Å². The highest BCUT2D eigenvalue weighted by molar-refractivity contribution is 5.14. The summed E-state index contributed by atoms with van der Waals surface area (Å²) in [4.78, 5) is 0. The molecule has 0 radical (unpaired) electrons. The lowest BCUT2D eigenvalue weighted by Gasteiger charge is -1.87. The summed E-state index contributed by atoms with van der Waals surface area (Å²) in [7, 11) is 0. The molecular formula is C12H28. The zero-order valence-corrected chi connectivity index (χ0v) is 9.12. The van der Waals surface area contributed by atoms with Crippen molar-refractivity contribution in [3.63, 3.8) is 0 Å². The maximum atomic E-state index is 2.24. The number of hydrogen-bond acceptors (Lipinski definition) is 0. The molecule has 0 heterocycles. The van der Waals surface area contributed by atoms with E-state index in [2.05, 4.69) is 13.8 Å². The van der Waals surface area contributed by atoms with Gasteiger partial charge < -0.3 is 0 Å². The summed E-state index contributed by atoms with van der Waals surface area (Å²) in [5.74, 6) is 0. The molecule has 0 heteroatoms. The number of rotatable bonds is 0. The average Bonchev–Trinajstić information content (AvgIpc) is 2.44. The molecule has 1 rings (SSSR count). The van der Waals surface area contributed by atoms with Gasteiger partial charge in [0.05, 0.1) is 0 Å². The molecule has 76 valence electrons. The highest BCUT2D eigenvalue weighted by atomic mass is 14.1. The molecule has 0 aromatic rings. The average molecular weight is 172 g/mol. The molecule has 0 unspecified atom stereocenters. The normalized spacial score (nSPS) is 13.5. The highest BCUT2D eigenvalue weighted by Crippen LogP contribution is 2.23. The Morgan fingerprint density at radius 1 is 0.750 bits per heavy atom. The van der Waals surface area contributed by atoms with Gasteiger partial charge in [-0.15, -0.1) is 0 Å². The van der Waals surface area contributed by atoms with Crippen LogP contribution in [-0.4, -0.2) is 0 Å². The Hall–Kier alpha value is -0.260. The zero-order chi connectivity index (χ0) is 9.28. The lowest BCUT2D eigenvalue weighted by atomic mass is 10.2. The van der Waals surface area contributed by atoms with E-state index in [1.807, 2.05) is 27.7 Å². The summed E-state index contributed by atoms with van der Waals surface area (Å²) in [5, 5.41) is 0. The minimum absolute atomic E-state index is 0. The molecule has 0 saturated carbocycles. The summed E-state index contributed by atoms with van der Waals surface area (Å²) in [5.41, 5.74) is 3.25. The molecule has 0 amide bonds. The third-order valence-corrected chi connectivity index (χ3v) is 1.83. The van der Waals surface area contributed by atoms with Gasteiger partial charge in [0.15, 0.2) is 0 Å². The molecule has 12 heavy (non-hydrogen) atoms. The molecule has 0 aromatic carbocycles. The molecule has 0 aliphatic heterocycles. The van der Waals surface area contributed by atoms with Crippen LogP contribution in [0.5, 0.6) is 0 Å². The van der Waals surface area contributed by atoms with Crippen LogP contribution in [0.25, 0.3) is 0 Å². The topological polar surface area (TPSA) is 0 Å². The lowest BCUT2D eigenvalue weighted by Crippen LogP contribution is -1.66. The smallest absolute Gasteiger partial charge is 0.0317 e. The van der Waals surface area contributed by atoms with Crippen LogP contribution < -0.4 is 0 Å². The van der Waals surface area contributed by atoms with E-state index in [-0.39, 0.29) is 7.43 Å². The Balaban J connectivity index is -0.000000144. The van der Waals surface area contributed by atoms with Gasteiger partial charge in [-0.05, 0) is 33.1 Å². The molecule has 0 saturated heterocycles. The lowest BCUT2D eigenvalue weighted by molar-refractivity contribution is 0.893. The van der Waals surface area contributed by atoms with E-state index < -0.39 is 0 Å². The molecule has 1 aliphatic rings. The van der Waals surface area contributed by atoms with Gasteiger partial charge in [-0.2, -0.15) is 0 Å². The summed E-state index contributed by atoms with van der Waals surface area (Å²) < 4.78 is 0. The van der Waals surface area contributed by atoms with Gasteiger partial charge in [0.1, 0.15) is 0 Å². The van der Waals surface area contributed by atoms with Crippen LogP contribution in [0.15, 0.2) is 11.1 Å². The van der Waals surface area contributed by atoms with Crippen molar-refractivity contribution in [1.82, 2.24) is 0 Å². The van der Waals surface area contributed by atoms with E-state index in [1.165, 1.54) is 19.3 Å². The van der Waals surface area contributed by atoms with Crippen LogP contribution >= 0.6 is 0 Å². The molecule has 1 aliphatic carbocycles. The molecule has 0 nitrogen and oxygen atoms in total. The number of allylic oxidation sites excluding steroid dienone is 2. The van der Waals surface area contributed by atoms with Crippen LogP contribution in [0, 0.1) is 0 Å². The summed E-state index contributed by atoms with van der Waals surface area (Å²) in [6, 6.07) is 0. The first kappa shape index (κ1) is 17.7. The predicted molar refractivity (Wildman–Crippen MR) is 61.7 cm³/mol. The molecule has 0 bridgehead atoms. The van der Waals surface area contributed by atoms with Crippen molar-refractivity contribution in [3.8, 4) is 0 Å². The van der Waals surface area contributed by atoms with Crippen LogP contribution in [0.4, 0.5) is 0 Å². The van der Waals surface area contributed by atoms with Gasteiger partial charge >= 0.3 is 0 Å². The van der Waals surface area contributed by atoms with Gasteiger partial charge in [-0.3, -0.25) is 0 Å². The van der Waals surface area contributed by atoms with E-state index in [4.69, 9.17) is 0 Å². The molecule has 0 spiro atoms. The van der Waals surface area contributed by atoms with Crippen molar-refractivity contribution in [2.75, 3.05) is 0 Å². The van der Waals surface area contributed by atoms with Crippen LogP contribution in [0.1, 0.15) is 68.2 Å². The monoisotopic (exact) mass is 172 g/mol. The molecule has 0 fully saturated rings. The minimum Gasteiger partial charge on any atom is -0.0776 e. The SMILES string of the molecule is C.CC.CC.CC1=C(C)CCC1. The van der Waals surface area contributed by atoms with Gasteiger partial charge in [0.2, 0.25) is 0 Å². The minimum atomic E-state index is 0. The zero-order valence-electron chi connectivity index (χ0n) is 9.12. The van der Waals surface area contributed by atoms with Gasteiger partial charge in [-0.1, -0.05) is 46.3 Å². The van der Waals surface area contributed by atoms with E-state index in [0.29, 0.717) is 0 Å². The second-order valence-corrected chi connectivity index (χ2v) is 2.41. The largest absolute Gasteiger partial charge is 0.0776 e. The Kier molecular flexibility index (Phi) is 19.7. The second kappa shape index (κ2) is 13.3. The van der Waals surface area contributed by atoms with E-state index >= 15 is 0 Å². The first-order valence-electron chi connectivity index (χ1n) is 4.96. The van der Waals surface area contributed by atoms with Gasteiger partial charge in [0.25, 0.3) is 0 Å². The van der Waals surface area contributed by atoms with Gasteiger partial charge in [0, 0.05) is 0 Å². The Labute approximate surface area is 80.1 Å². The molecule has 0 atom stereocenters. The molecular weight excluding hydrogens is 144 g/mol. The first-order valence-corrected chi connectivity index (χ1v) is 4.96. The third-order valence-electron chi connectivity index (χ3n) is 1.83. The quantitative estimate of drug-likeness (QED) is 0.441. The second-order valence-electron chi connectivity index (χ2n) is 2.41. The van der Waals surface area contributed by atoms with Crippen molar-refractivity contribution >= 4 is 0 Å². The Morgan fingerprint density at radius 3 is 1.08 bits per heavy atom. The van der Waals surface area contributed by atoms with Crippen molar-refractivity contribution in [2.24, 2.45) is 0 Å². The predicted octanol–water partition coefficient (Wildman–Crippen LogP) is 5.20. The molecule has 0 aromatic heterocycles. The van der Waals surface area contributed by atoms with Crippen LogP contribution in [0.3, 0.4) is 0 Å². The van der Waals surface area contributed by atoms with E-state index in [9.17, 15) is 0 Å². The maximum absolute atomic E-state index is 2.24. The maximum Gasteiger partial charge on any atom is -0.0317 e. The fourth-order valence-electron chi connectivity index (χ4n) is 1.05. The van der Waals surface area contributed by atoms with Crippen molar-refractivity contribution in [1.29, 1.82) is 0 Å². The summed E-state index contributed by atoms with van der Waals surface area (Å²) >= 11 is 0. The van der Waals surface area contributed by atoms with Crippen molar-refractivity contribution in [2.45, 2.75) is 68.2 Å². The Morgan fingerprint density at radius 2 is 1.00 bits per heavy atom. The first-order chi connectivity index (χ1) is 5.30. The molecule has 0 N–H and O–H groups in total. The fourth-order valence-corrected chi connectivity index (χ4v) is 1.05. The van der Waals surface area contributed by atoms with Crippen LogP contribution in [-0.2, 0) is 0 Å². The van der Waals surface area contributed by atoms with Crippen molar-refractivity contribution < 1.29 is 0 Å². The highest BCUT2D eigenvalue weighted by Gasteiger charge is 2.03. The van der Waals surface area contributed by atoms with Crippen molar-refractivity contribution in [3.05, 3.63) is 11.1 Å². The van der Waals surface area contributed by atoms with E-state index in [0.717, 1.165) is 0 Å². The summed E-state index contributed by atoms with van der Waals surface area (Å²) in [6.45, 7) is 12.5.